The van der Waals surface area contributed by atoms with Gasteiger partial charge in [-0.25, -0.2) is 4.79 Å². The number of β-amino-alcohol motifs (C(OH)–C–C–N with tert-alkyl or cyclic N) is 1. The van der Waals surface area contributed by atoms with E-state index in [-0.39, 0.29) is 19.1 Å². The van der Waals surface area contributed by atoms with E-state index in [0.717, 1.165) is 33.3 Å². The summed E-state index contributed by atoms with van der Waals surface area (Å²) in [5, 5.41) is 12.8. The number of fused-ring (bicyclic) bond motifs is 1. The van der Waals surface area contributed by atoms with Crippen molar-refractivity contribution >= 4 is 28.6 Å². The minimum Gasteiger partial charge on any atom is -0.445 e. The number of aliphatic hydroxyl groups excluding tert-OH is 1. The van der Waals surface area contributed by atoms with E-state index in [1.165, 1.54) is 0 Å². The largest absolute Gasteiger partial charge is 0.445 e. The molecule has 0 spiro atoms. The van der Waals surface area contributed by atoms with Crippen LogP contribution in [-0.2, 0) is 11.3 Å². The Morgan fingerprint density at radius 1 is 1.03 bits per heavy atom. The van der Waals surface area contributed by atoms with Gasteiger partial charge >= 0.3 is 6.09 Å². The van der Waals surface area contributed by atoms with Crippen LogP contribution < -0.4 is 0 Å². The summed E-state index contributed by atoms with van der Waals surface area (Å²) in [7, 11) is 0. The Balaban J connectivity index is 1.39. The maximum atomic E-state index is 12.6. The smallest absolute Gasteiger partial charge is 0.410 e. The molecule has 1 amide bonds. The van der Waals surface area contributed by atoms with Crippen LogP contribution in [0.2, 0.25) is 5.02 Å². The highest BCUT2D eigenvalue weighted by Gasteiger charge is 2.35. The van der Waals surface area contributed by atoms with Gasteiger partial charge in [0.15, 0.2) is 0 Å². The lowest BCUT2D eigenvalue weighted by molar-refractivity contribution is 0.0348. The Hall–Kier alpha value is -3.28. The van der Waals surface area contributed by atoms with Gasteiger partial charge < -0.3 is 19.7 Å². The van der Waals surface area contributed by atoms with Gasteiger partial charge in [0.1, 0.15) is 6.61 Å². The monoisotopic (exact) mass is 460 g/mol. The number of likely N-dealkylation sites (tertiary alicyclic amines) is 1. The summed E-state index contributed by atoms with van der Waals surface area (Å²) in [4.78, 5) is 17.7. The van der Waals surface area contributed by atoms with Crippen molar-refractivity contribution in [2.45, 2.75) is 25.0 Å². The molecule has 0 saturated carbocycles. The predicted molar refractivity (Wildman–Crippen MR) is 130 cm³/mol. The minimum atomic E-state index is -0.719. The minimum absolute atomic E-state index is 0.134. The van der Waals surface area contributed by atoms with Gasteiger partial charge in [0.2, 0.25) is 0 Å². The molecule has 0 aliphatic carbocycles. The lowest BCUT2D eigenvalue weighted by atomic mass is 9.84. The number of carbonyl (C=O) groups is 1. The van der Waals surface area contributed by atoms with E-state index >= 15 is 0 Å². The first kappa shape index (κ1) is 21.6. The summed E-state index contributed by atoms with van der Waals surface area (Å²) in [5.74, 6) is -0.134. The number of nitrogens with zero attached hydrogens (tertiary/aromatic N) is 1. The van der Waals surface area contributed by atoms with Crippen molar-refractivity contribution in [3.8, 4) is 11.3 Å². The van der Waals surface area contributed by atoms with E-state index in [4.69, 9.17) is 16.3 Å². The zero-order valence-electron chi connectivity index (χ0n) is 18.1. The van der Waals surface area contributed by atoms with Gasteiger partial charge in [-0.05, 0) is 29.2 Å². The van der Waals surface area contributed by atoms with Gasteiger partial charge in [-0.15, -0.1) is 0 Å². The SMILES string of the molecule is O=C(OCc1ccccc1)N1CC[C@@H](c2c(-c3ccccc3)[nH]c3c(Cl)cccc23)[C@H](O)C1. The Morgan fingerprint density at radius 3 is 2.48 bits per heavy atom. The summed E-state index contributed by atoms with van der Waals surface area (Å²) in [5.41, 5.74) is 4.84. The van der Waals surface area contributed by atoms with E-state index in [0.29, 0.717) is 18.0 Å². The number of piperidine rings is 1. The van der Waals surface area contributed by atoms with E-state index in [2.05, 4.69) is 4.98 Å². The van der Waals surface area contributed by atoms with Crippen molar-refractivity contribution < 1.29 is 14.6 Å². The molecular weight excluding hydrogens is 436 g/mol. The number of hydrogen-bond acceptors (Lipinski definition) is 3. The van der Waals surface area contributed by atoms with Gasteiger partial charge in [-0.2, -0.15) is 0 Å². The fourth-order valence-corrected chi connectivity index (χ4v) is 4.89. The quantitative estimate of drug-likeness (QED) is 0.394. The number of ether oxygens (including phenoxy) is 1. The zero-order chi connectivity index (χ0) is 22.8. The second kappa shape index (κ2) is 9.30. The van der Waals surface area contributed by atoms with Gasteiger partial charge in [0, 0.05) is 17.8 Å². The second-order valence-electron chi connectivity index (χ2n) is 8.39. The van der Waals surface area contributed by atoms with Gasteiger partial charge in [0.25, 0.3) is 0 Å². The summed E-state index contributed by atoms with van der Waals surface area (Å²) in [6, 6.07) is 25.5. The molecule has 2 atom stereocenters. The average molecular weight is 461 g/mol. The highest BCUT2D eigenvalue weighted by Crippen LogP contribution is 2.42. The number of amides is 1. The molecule has 0 radical (unpaired) electrons. The molecule has 5 nitrogen and oxygen atoms in total. The molecule has 5 rings (SSSR count). The number of hydrogen-bond donors (Lipinski definition) is 2. The Morgan fingerprint density at radius 2 is 1.76 bits per heavy atom. The molecule has 2 heterocycles. The summed E-state index contributed by atoms with van der Waals surface area (Å²) >= 11 is 6.49. The van der Waals surface area contributed by atoms with Crippen LogP contribution >= 0.6 is 11.6 Å². The zero-order valence-corrected chi connectivity index (χ0v) is 18.8. The summed E-state index contributed by atoms with van der Waals surface area (Å²) in [6.07, 6.45) is -0.494. The third-order valence-corrected chi connectivity index (χ3v) is 6.62. The number of para-hydroxylation sites is 1. The fourth-order valence-electron chi connectivity index (χ4n) is 4.67. The normalized spacial score (nSPS) is 18.4. The van der Waals surface area contributed by atoms with Crippen LogP contribution in [0.4, 0.5) is 4.79 Å². The number of aromatic amines is 1. The van der Waals surface area contributed by atoms with Crippen molar-refractivity contribution in [3.05, 3.63) is 95.0 Å². The fraction of sp³-hybridized carbons (Fsp3) is 0.222. The van der Waals surface area contributed by atoms with Crippen LogP contribution in [0, 0.1) is 0 Å². The second-order valence-corrected chi connectivity index (χ2v) is 8.80. The predicted octanol–water partition coefficient (Wildman–Crippen LogP) is 5.98. The van der Waals surface area contributed by atoms with Crippen LogP contribution in [0.5, 0.6) is 0 Å². The van der Waals surface area contributed by atoms with Crippen LogP contribution in [0.1, 0.15) is 23.5 Å². The van der Waals surface area contributed by atoms with Crippen LogP contribution in [0.3, 0.4) is 0 Å². The van der Waals surface area contributed by atoms with Crippen LogP contribution in [0.15, 0.2) is 78.9 Å². The van der Waals surface area contributed by atoms with Crippen molar-refractivity contribution in [3.63, 3.8) is 0 Å². The molecule has 2 N–H and O–H groups in total. The van der Waals surface area contributed by atoms with Crippen LogP contribution in [0.25, 0.3) is 22.2 Å². The maximum absolute atomic E-state index is 12.6. The molecule has 1 aliphatic heterocycles. The molecule has 1 fully saturated rings. The van der Waals surface area contributed by atoms with E-state index in [1.807, 2.05) is 78.9 Å². The number of halogens is 1. The molecule has 0 unspecified atom stereocenters. The first-order valence-electron chi connectivity index (χ1n) is 11.1. The lowest BCUT2D eigenvalue weighted by Gasteiger charge is -2.35. The number of carbonyl (C=O) groups excluding carboxylic acids is 1. The van der Waals surface area contributed by atoms with Crippen molar-refractivity contribution in [2.24, 2.45) is 0 Å². The van der Waals surface area contributed by atoms with Gasteiger partial charge in [0.05, 0.1) is 28.9 Å². The van der Waals surface area contributed by atoms with Crippen molar-refractivity contribution in [1.29, 1.82) is 0 Å². The van der Waals surface area contributed by atoms with Gasteiger partial charge in [-0.1, -0.05) is 84.4 Å². The number of nitrogens with one attached hydrogen (secondary N) is 1. The van der Waals surface area contributed by atoms with Crippen molar-refractivity contribution in [2.75, 3.05) is 13.1 Å². The van der Waals surface area contributed by atoms with E-state index in [9.17, 15) is 9.90 Å². The maximum Gasteiger partial charge on any atom is 0.410 e. The van der Waals surface area contributed by atoms with Crippen LogP contribution in [-0.4, -0.2) is 40.3 Å². The number of aliphatic hydroxyl groups is 1. The van der Waals surface area contributed by atoms with E-state index in [1.54, 1.807) is 4.90 Å². The topological polar surface area (TPSA) is 65.6 Å². The molecule has 0 bridgehead atoms. The number of benzene rings is 3. The van der Waals surface area contributed by atoms with Crippen molar-refractivity contribution in [1.82, 2.24) is 9.88 Å². The molecule has 1 saturated heterocycles. The highest BCUT2D eigenvalue weighted by atomic mass is 35.5. The number of rotatable bonds is 4. The average Bonchev–Trinajstić information content (AvgIpc) is 3.24. The third kappa shape index (κ3) is 4.34. The summed E-state index contributed by atoms with van der Waals surface area (Å²) < 4.78 is 5.47. The van der Waals surface area contributed by atoms with Gasteiger partial charge in [-0.3, -0.25) is 0 Å². The molecule has 33 heavy (non-hydrogen) atoms. The third-order valence-electron chi connectivity index (χ3n) is 6.30. The number of H-pyrrole nitrogens is 1. The first-order chi connectivity index (χ1) is 16.1. The molecule has 1 aromatic heterocycles. The molecular formula is C27H25ClN2O3. The molecule has 3 aromatic carbocycles. The standard InChI is InChI=1S/C27H25ClN2O3/c28-22-13-7-12-21-24(25(29-26(21)22)19-10-5-2-6-11-19)20-14-15-30(16-23(20)31)27(32)33-17-18-8-3-1-4-9-18/h1-13,20,23,29,31H,14-17H2/t20-,23-/m1/s1. The highest BCUT2D eigenvalue weighted by molar-refractivity contribution is 6.35. The first-order valence-corrected chi connectivity index (χ1v) is 11.5. The Labute approximate surface area is 197 Å². The summed E-state index contributed by atoms with van der Waals surface area (Å²) in [6.45, 7) is 0.950. The molecule has 1 aliphatic rings. The Kier molecular flexibility index (Phi) is 6.07. The van der Waals surface area contributed by atoms with E-state index < -0.39 is 12.2 Å². The Bertz CT molecular complexity index is 1260. The molecule has 168 valence electrons. The molecule has 6 heteroatoms. The number of aromatic nitrogens is 1. The lowest BCUT2D eigenvalue weighted by Crippen LogP contribution is -2.46. The molecule has 4 aromatic rings.